The van der Waals surface area contributed by atoms with E-state index in [9.17, 15) is 0 Å². The Morgan fingerprint density at radius 3 is 2.79 bits per heavy atom. The van der Waals surface area contributed by atoms with Gasteiger partial charge in [0.25, 0.3) is 0 Å². The molecule has 2 rings (SSSR count). The second-order valence-corrected chi connectivity index (χ2v) is 4.76. The molecular weight excluding hydrogens is 242 g/mol. The van der Waals surface area contributed by atoms with Crippen molar-refractivity contribution in [3.8, 4) is 5.75 Å². The van der Waals surface area contributed by atoms with Crippen molar-refractivity contribution < 1.29 is 9.26 Å². The molecule has 1 aromatic carbocycles. The first-order valence-electron chi connectivity index (χ1n) is 6.35. The Bertz CT molecular complexity index is 549. The molecule has 0 fully saturated rings. The van der Waals surface area contributed by atoms with Crippen molar-refractivity contribution in [2.45, 2.75) is 39.8 Å². The summed E-state index contributed by atoms with van der Waals surface area (Å²) in [7, 11) is 0. The van der Waals surface area contributed by atoms with Crippen molar-refractivity contribution in [1.82, 2.24) is 10.1 Å². The Labute approximate surface area is 112 Å². The third-order valence-corrected chi connectivity index (χ3v) is 2.84. The zero-order valence-corrected chi connectivity index (χ0v) is 11.5. The molecule has 2 aromatic rings. The number of nitrogens with two attached hydrogens (primary N) is 1. The number of nitrogens with zero attached hydrogens (tertiary/aromatic N) is 2. The number of aromatic nitrogens is 2. The van der Waals surface area contributed by atoms with Crippen molar-refractivity contribution in [1.29, 1.82) is 0 Å². The van der Waals surface area contributed by atoms with E-state index in [4.69, 9.17) is 15.0 Å². The second-order valence-electron chi connectivity index (χ2n) is 4.76. The van der Waals surface area contributed by atoms with Gasteiger partial charge in [-0.05, 0) is 12.5 Å². The summed E-state index contributed by atoms with van der Waals surface area (Å²) in [5.41, 5.74) is 7.73. The van der Waals surface area contributed by atoms with Gasteiger partial charge in [-0.15, -0.1) is 0 Å². The van der Waals surface area contributed by atoms with E-state index >= 15 is 0 Å². The van der Waals surface area contributed by atoms with Gasteiger partial charge in [-0.3, -0.25) is 0 Å². The Balaban J connectivity index is 2.09. The minimum atomic E-state index is 0.222. The van der Waals surface area contributed by atoms with Gasteiger partial charge in [0.1, 0.15) is 5.75 Å². The van der Waals surface area contributed by atoms with Gasteiger partial charge in [-0.25, -0.2) is 0 Å². The van der Waals surface area contributed by atoms with Gasteiger partial charge in [0.2, 0.25) is 11.7 Å². The van der Waals surface area contributed by atoms with E-state index < -0.39 is 0 Å². The van der Waals surface area contributed by atoms with Crippen LogP contribution in [0, 0.1) is 6.92 Å². The van der Waals surface area contributed by atoms with Gasteiger partial charge >= 0.3 is 0 Å². The summed E-state index contributed by atoms with van der Waals surface area (Å²) < 4.78 is 10.9. The molecule has 0 aliphatic carbocycles. The van der Waals surface area contributed by atoms with E-state index in [1.165, 1.54) is 0 Å². The number of hydrogen-bond donors (Lipinski definition) is 1. The van der Waals surface area contributed by atoms with Gasteiger partial charge in [0.05, 0.1) is 0 Å². The smallest absolute Gasteiger partial charge is 0.229 e. The molecule has 0 amide bonds. The Hall–Kier alpha value is -1.88. The molecule has 0 atom stereocenters. The molecule has 1 heterocycles. The summed E-state index contributed by atoms with van der Waals surface area (Å²) in [6.45, 7) is 6.73. The molecular formula is C14H19N3O2. The van der Waals surface area contributed by atoms with E-state index in [-0.39, 0.29) is 12.5 Å². The monoisotopic (exact) mass is 261 g/mol. The molecule has 5 heteroatoms. The van der Waals surface area contributed by atoms with Crippen LogP contribution in [0.3, 0.4) is 0 Å². The van der Waals surface area contributed by atoms with E-state index in [1.807, 2.05) is 39.0 Å². The average Bonchev–Trinajstić information content (AvgIpc) is 2.86. The van der Waals surface area contributed by atoms with Crippen LogP contribution in [0.15, 0.2) is 22.7 Å². The van der Waals surface area contributed by atoms with Crippen molar-refractivity contribution in [2.75, 3.05) is 0 Å². The summed E-state index contributed by atoms with van der Waals surface area (Å²) >= 11 is 0. The molecule has 0 unspecified atom stereocenters. The van der Waals surface area contributed by atoms with Crippen LogP contribution in [0.2, 0.25) is 0 Å². The van der Waals surface area contributed by atoms with Crippen molar-refractivity contribution in [3.05, 3.63) is 41.0 Å². The first-order valence-corrected chi connectivity index (χ1v) is 6.35. The lowest BCUT2D eigenvalue weighted by atomic mass is 10.1. The van der Waals surface area contributed by atoms with Crippen LogP contribution in [0.25, 0.3) is 0 Å². The first kappa shape index (κ1) is 13.5. The van der Waals surface area contributed by atoms with Crippen LogP contribution < -0.4 is 10.5 Å². The zero-order chi connectivity index (χ0) is 13.8. The van der Waals surface area contributed by atoms with Gasteiger partial charge in [0.15, 0.2) is 6.61 Å². The first-order chi connectivity index (χ1) is 9.11. The molecule has 0 saturated carbocycles. The maximum atomic E-state index is 5.77. The lowest BCUT2D eigenvalue weighted by Crippen LogP contribution is -2.05. The molecule has 0 spiro atoms. The van der Waals surface area contributed by atoms with Gasteiger partial charge < -0.3 is 15.0 Å². The fourth-order valence-electron chi connectivity index (χ4n) is 1.78. The normalized spacial score (nSPS) is 11.0. The minimum absolute atomic E-state index is 0.222. The molecule has 102 valence electrons. The Morgan fingerprint density at radius 1 is 1.37 bits per heavy atom. The molecule has 0 saturated heterocycles. The van der Waals surface area contributed by atoms with E-state index in [0.717, 1.165) is 16.9 Å². The summed E-state index contributed by atoms with van der Waals surface area (Å²) in [6, 6.07) is 5.91. The van der Waals surface area contributed by atoms with Crippen LogP contribution >= 0.6 is 0 Å². The lowest BCUT2D eigenvalue weighted by molar-refractivity contribution is 0.280. The fraction of sp³-hybridized carbons (Fsp3) is 0.429. The van der Waals surface area contributed by atoms with Crippen molar-refractivity contribution in [3.63, 3.8) is 0 Å². The maximum Gasteiger partial charge on any atom is 0.229 e. The number of ether oxygens (including phenoxy) is 1. The predicted octanol–water partition coefficient (Wildman–Crippen LogP) is 2.54. The molecule has 0 radical (unpaired) electrons. The molecule has 0 bridgehead atoms. The topological polar surface area (TPSA) is 74.2 Å². The highest BCUT2D eigenvalue weighted by Crippen LogP contribution is 2.24. The predicted molar refractivity (Wildman–Crippen MR) is 71.8 cm³/mol. The number of para-hydroxylation sites is 1. The van der Waals surface area contributed by atoms with Crippen LogP contribution in [0.5, 0.6) is 5.75 Å². The largest absolute Gasteiger partial charge is 0.485 e. The van der Waals surface area contributed by atoms with Gasteiger partial charge in [-0.1, -0.05) is 37.2 Å². The fourth-order valence-corrected chi connectivity index (χ4v) is 1.78. The highest BCUT2D eigenvalue weighted by molar-refractivity contribution is 5.40. The van der Waals surface area contributed by atoms with Crippen LogP contribution in [-0.4, -0.2) is 10.1 Å². The standard InChI is InChI=1S/C14H19N3O2/c1-9(2)14-16-12(17-19-14)8-18-13-10(3)5-4-6-11(13)7-15/h4-6,9H,7-8,15H2,1-3H3. The Kier molecular flexibility index (Phi) is 4.16. The number of rotatable bonds is 5. The molecule has 1 aromatic heterocycles. The summed E-state index contributed by atoms with van der Waals surface area (Å²) in [5.74, 6) is 2.21. The molecule has 0 aliphatic rings. The third kappa shape index (κ3) is 3.12. The van der Waals surface area contributed by atoms with Crippen molar-refractivity contribution >= 4 is 0 Å². The number of aryl methyl sites for hydroxylation is 1. The van der Waals surface area contributed by atoms with Gasteiger partial charge in [0, 0.05) is 18.0 Å². The molecule has 19 heavy (non-hydrogen) atoms. The number of hydrogen-bond acceptors (Lipinski definition) is 5. The third-order valence-electron chi connectivity index (χ3n) is 2.84. The highest BCUT2D eigenvalue weighted by Gasteiger charge is 2.12. The van der Waals surface area contributed by atoms with Crippen molar-refractivity contribution in [2.24, 2.45) is 5.73 Å². The van der Waals surface area contributed by atoms with E-state index in [2.05, 4.69) is 10.1 Å². The molecule has 0 aliphatic heterocycles. The summed E-state index contributed by atoms with van der Waals surface area (Å²) in [5, 5.41) is 3.90. The quantitative estimate of drug-likeness (QED) is 0.895. The van der Waals surface area contributed by atoms with Crippen LogP contribution in [0.1, 0.15) is 42.6 Å². The minimum Gasteiger partial charge on any atom is -0.485 e. The van der Waals surface area contributed by atoms with E-state index in [1.54, 1.807) is 0 Å². The molecule has 5 nitrogen and oxygen atoms in total. The number of benzene rings is 1. The summed E-state index contributed by atoms with van der Waals surface area (Å²) in [4.78, 5) is 4.28. The highest BCUT2D eigenvalue weighted by atomic mass is 16.5. The van der Waals surface area contributed by atoms with Crippen LogP contribution in [-0.2, 0) is 13.2 Å². The van der Waals surface area contributed by atoms with E-state index in [0.29, 0.717) is 18.3 Å². The van der Waals surface area contributed by atoms with Gasteiger partial charge in [-0.2, -0.15) is 4.98 Å². The zero-order valence-electron chi connectivity index (χ0n) is 11.5. The Morgan fingerprint density at radius 2 is 2.16 bits per heavy atom. The van der Waals surface area contributed by atoms with Crippen LogP contribution in [0.4, 0.5) is 0 Å². The lowest BCUT2D eigenvalue weighted by Gasteiger charge is -2.11. The maximum absolute atomic E-state index is 5.77. The SMILES string of the molecule is Cc1cccc(CN)c1OCc1noc(C(C)C)n1. The second kappa shape index (κ2) is 5.84. The summed E-state index contributed by atoms with van der Waals surface area (Å²) in [6.07, 6.45) is 0. The average molecular weight is 261 g/mol. The molecule has 2 N–H and O–H groups in total.